The Labute approximate surface area is 212 Å². The fraction of sp³-hybridized carbons (Fsp3) is 0.267. The van der Waals surface area contributed by atoms with E-state index in [9.17, 15) is 23.2 Å². The molecule has 0 saturated carbocycles. The van der Waals surface area contributed by atoms with Crippen LogP contribution < -0.4 is 0 Å². The zero-order valence-electron chi connectivity index (χ0n) is 19.8. The first-order valence-corrected chi connectivity index (χ1v) is 12.3. The molecule has 186 valence electrons. The van der Waals surface area contributed by atoms with Crippen molar-refractivity contribution in [3.63, 3.8) is 0 Å². The van der Waals surface area contributed by atoms with Gasteiger partial charge in [0.05, 0.1) is 23.2 Å². The minimum absolute atomic E-state index is 0.00457. The number of hydrogen-bond donors (Lipinski definition) is 0. The second kappa shape index (κ2) is 8.81. The van der Waals surface area contributed by atoms with Crippen molar-refractivity contribution in [3.05, 3.63) is 101 Å². The van der Waals surface area contributed by atoms with Crippen molar-refractivity contribution < 1.29 is 22.7 Å². The largest absolute Gasteiger partial charge is 0.448 e. The van der Waals surface area contributed by atoms with Crippen LogP contribution in [0.3, 0.4) is 0 Å². The van der Waals surface area contributed by atoms with Crippen LogP contribution in [0.1, 0.15) is 53.0 Å². The molecule has 4 nitrogen and oxygen atoms in total. The van der Waals surface area contributed by atoms with E-state index in [1.165, 1.54) is 6.07 Å². The molecule has 1 fully saturated rings. The number of nitrogens with zero attached hydrogens (tertiary/aromatic N) is 2. The van der Waals surface area contributed by atoms with Crippen LogP contribution >= 0.6 is 0 Å². The average molecular weight is 501 g/mol. The Balaban J connectivity index is 1.21. The molecule has 2 aliphatic heterocycles. The molecule has 3 aliphatic rings. The van der Waals surface area contributed by atoms with Crippen LogP contribution in [-0.4, -0.2) is 29.7 Å². The molecule has 2 heterocycles. The van der Waals surface area contributed by atoms with Gasteiger partial charge in [0.2, 0.25) is 0 Å². The molecule has 37 heavy (non-hydrogen) atoms. The smallest absolute Gasteiger partial charge is 0.416 e. The monoisotopic (exact) mass is 500 g/mol. The summed E-state index contributed by atoms with van der Waals surface area (Å²) in [4.78, 5) is 15.0. The molecular formula is C30H23F3N2O2. The molecule has 0 aromatic heterocycles. The van der Waals surface area contributed by atoms with E-state index in [4.69, 9.17) is 4.74 Å². The molecule has 0 radical (unpaired) electrons. The van der Waals surface area contributed by atoms with Crippen LogP contribution in [0.4, 0.5) is 18.0 Å². The summed E-state index contributed by atoms with van der Waals surface area (Å²) in [6.07, 6.45) is -0.976. The van der Waals surface area contributed by atoms with Crippen molar-refractivity contribution in [2.45, 2.75) is 43.4 Å². The first kappa shape index (κ1) is 23.4. The van der Waals surface area contributed by atoms with Crippen LogP contribution in [0.5, 0.6) is 0 Å². The Bertz CT molecular complexity index is 1420. The van der Waals surface area contributed by atoms with Gasteiger partial charge in [0.1, 0.15) is 6.61 Å². The summed E-state index contributed by atoms with van der Waals surface area (Å²) < 4.78 is 45.2. The molecule has 2 atom stereocenters. The second-order valence-electron chi connectivity index (χ2n) is 9.78. The van der Waals surface area contributed by atoms with E-state index >= 15 is 0 Å². The highest BCUT2D eigenvalue weighted by Crippen LogP contribution is 2.45. The van der Waals surface area contributed by atoms with Gasteiger partial charge in [0, 0.05) is 12.0 Å². The molecule has 1 aliphatic carbocycles. The number of nitriles is 1. The lowest BCUT2D eigenvalue weighted by Gasteiger charge is -2.34. The molecule has 1 amide bonds. The van der Waals surface area contributed by atoms with Crippen LogP contribution in [0, 0.1) is 11.3 Å². The van der Waals surface area contributed by atoms with Crippen molar-refractivity contribution in [2.75, 3.05) is 6.61 Å². The van der Waals surface area contributed by atoms with E-state index in [1.54, 1.807) is 4.90 Å². The van der Waals surface area contributed by atoms with Gasteiger partial charge >= 0.3 is 12.3 Å². The number of benzene rings is 3. The Morgan fingerprint density at radius 3 is 2.27 bits per heavy atom. The molecule has 3 aromatic carbocycles. The lowest BCUT2D eigenvalue weighted by atomic mass is 9.91. The molecule has 6 rings (SSSR count). The Hall–Kier alpha value is -4.05. The molecule has 1 saturated heterocycles. The number of halogens is 3. The topological polar surface area (TPSA) is 53.3 Å². The van der Waals surface area contributed by atoms with E-state index in [0.29, 0.717) is 12.0 Å². The van der Waals surface area contributed by atoms with Gasteiger partial charge in [-0.1, -0.05) is 60.7 Å². The zero-order valence-corrected chi connectivity index (χ0v) is 19.8. The number of carbonyl (C=O) groups excluding carboxylic acids is 1. The number of amides is 1. The van der Waals surface area contributed by atoms with Crippen molar-refractivity contribution in [3.8, 4) is 17.2 Å². The van der Waals surface area contributed by atoms with Gasteiger partial charge in [-0.05, 0) is 64.8 Å². The standard InChI is InChI=1S/C30H23F3N2O2/c31-30(32,33)20-9-12-23(19(13-20)16-34)18-14-21-10-11-22(15-18)35(21)29(36)37-17-28-26-7-3-1-5-24(26)25-6-2-4-8-27(25)28/h1-9,12-14,21-22,28H,10-11,15,17H2. The first-order chi connectivity index (χ1) is 17.8. The normalized spacial score (nSPS) is 20.2. The van der Waals surface area contributed by atoms with Gasteiger partial charge in [0.25, 0.3) is 0 Å². The van der Waals surface area contributed by atoms with Crippen molar-refractivity contribution in [1.82, 2.24) is 4.90 Å². The summed E-state index contributed by atoms with van der Waals surface area (Å²) >= 11 is 0. The van der Waals surface area contributed by atoms with Gasteiger partial charge in [-0.15, -0.1) is 0 Å². The lowest BCUT2D eigenvalue weighted by Crippen LogP contribution is -2.43. The molecular weight excluding hydrogens is 477 g/mol. The molecule has 0 N–H and O–H groups in total. The Kier molecular flexibility index (Phi) is 5.56. The first-order valence-electron chi connectivity index (χ1n) is 12.3. The number of hydrogen-bond acceptors (Lipinski definition) is 3. The number of fused-ring (bicyclic) bond motifs is 5. The fourth-order valence-electron chi connectivity index (χ4n) is 6.08. The van der Waals surface area contributed by atoms with E-state index in [0.717, 1.165) is 52.8 Å². The van der Waals surface area contributed by atoms with Crippen molar-refractivity contribution in [2.24, 2.45) is 0 Å². The number of rotatable bonds is 3. The minimum Gasteiger partial charge on any atom is -0.448 e. The maximum absolute atomic E-state index is 13.3. The maximum atomic E-state index is 13.3. The fourth-order valence-corrected chi connectivity index (χ4v) is 6.08. The molecule has 2 unspecified atom stereocenters. The summed E-state index contributed by atoms with van der Waals surface area (Å²) in [5, 5.41) is 9.51. The molecule has 2 bridgehead atoms. The van der Waals surface area contributed by atoms with Crippen LogP contribution in [-0.2, 0) is 10.9 Å². The summed E-state index contributed by atoms with van der Waals surface area (Å²) in [7, 11) is 0. The van der Waals surface area contributed by atoms with Crippen molar-refractivity contribution in [1.29, 1.82) is 5.26 Å². The van der Waals surface area contributed by atoms with Gasteiger partial charge in [-0.3, -0.25) is 4.90 Å². The maximum Gasteiger partial charge on any atom is 0.416 e. The van der Waals surface area contributed by atoms with Crippen LogP contribution in [0.15, 0.2) is 72.8 Å². The van der Waals surface area contributed by atoms with Crippen LogP contribution in [0.2, 0.25) is 0 Å². The summed E-state index contributed by atoms with van der Waals surface area (Å²) in [5.41, 5.74) is 5.07. The Morgan fingerprint density at radius 2 is 1.65 bits per heavy atom. The van der Waals surface area contributed by atoms with Gasteiger partial charge in [0.15, 0.2) is 0 Å². The predicted octanol–water partition coefficient (Wildman–Crippen LogP) is 7.15. The number of carbonyl (C=O) groups is 1. The van der Waals surface area contributed by atoms with Crippen LogP contribution in [0.25, 0.3) is 16.7 Å². The van der Waals surface area contributed by atoms with E-state index in [1.807, 2.05) is 36.4 Å². The zero-order chi connectivity index (χ0) is 25.7. The highest BCUT2D eigenvalue weighted by atomic mass is 19.4. The molecule has 7 heteroatoms. The summed E-state index contributed by atoms with van der Waals surface area (Å²) in [5.74, 6) is -0.0322. The summed E-state index contributed by atoms with van der Waals surface area (Å²) in [6.45, 7) is 0.233. The summed E-state index contributed by atoms with van der Waals surface area (Å²) in [6, 6.07) is 21.2. The SMILES string of the molecule is N#Cc1cc(C(F)(F)F)ccc1C1=CC2CCC(C1)N2C(=O)OCC1c2ccccc2-c2ccccc21. The molecule has 3 aromatic rings. The van der Waals surface area contributed by atoms with Gasteiger partial charge in [-0.2, -0.15) is 18.4 Å². The predicted molar refractivity (Wildman–Crippen MR) is 132 cm³/mol. The Morgan fingerprint density at radius 1 is 0.973 bits per heavy atom. The van der Waals surface area contributed by atoms with Gasteiger partial charge in [-0.25, -0.2) is 4.79 Å². The third-order valence-corrected chi connectivity index (χ3v) is 7.76. The average Bonchev–Trinajstić information content (AvgIpc) is 3.36. The quantitative estimate of drug-likeness (QED) is 0.384. The second-order valence-corrected chi connectivity index (χ2v) is 9.78. The molecule has 0 spiro atoms. The van der Waals surface area contributed by atoms with E-state index in [-0.39, 0.29) is 36.3 Å². The number of ether oxygens (including phenoxy) is 1. The third-order valence-electron chi connectivity index (χ3n) is 7.76. The third kappa shape index (κ3) is 3.97. The van der Waals surface area contributed by atoms with Crippen molar-refractivity contribution >= 4 is 11.7 Å². The number of alkyl halides is 3. The van der Waals surface area contributed by atoms with Gasteiger partial charge < -0.3 is 4.74 Å². The highest BCUT2D eigenvalue weighted by molar-refractivity contribution is 5.80. The van der Waals surface area contributed by atoms with E-state index in [2.05, 4.69) is 24.3 Å². The van der Waals surface area contributed by atoms with E-state index < -0.39 is 11.7 Å². The lowest BCUT2D eigenvalue weighted by molar-refractivity contribution is -0.137. The highest BCUT2D eigenvalue weighted by Gasteiger charge is 2.42. The minimum atomic E-state index is -4.51.